The highest BCUT2D eigenvalue weighted by molar-refractivity contribution is 9.10. The van der Waals surface area contributed by atoms with Gasteiger partial charge in [0.2, 0.25) is 0 Å². The zero-order chi connectivity index (χ0) is 11.8. The lowest BCUT2D eigenvalue weighted by molar-refractivity contribution is 0.232. The number of aliphatic hydroxyl groups is 1. The van der Waals surface area contributed by atoms with Crippen molar-refractivity contribution in [3.63, 3.8) is 0 Å². The van der Waals surface area contributed by atoms with Crippen LogP contribution < -0.4 is 10.1 Å². The molecule has 0 aliphatic heterocycles. The summed E-state index contributed by atoms with van der Waals surface area (Å²) >= 11 is 3.45. The minimum atomic E-state index is 0.166. The second kappa shape index (κ2) is 7.65. The topological polar surface area (TPSA) is 41.5 Å². The molecule has 1 rings (SSSR count). The normalized spacial score (nSPS) is 10.4. The Morgan fingerprint density at radius 2 is 2.25 bits per heavy atom. The molecule has 1 aromatic rings. The Kier molecular flexibility index (Phi) is 6.45. The molecule has 4 heteroatoms. The van der Waals surface area contributed by atoms with Crippen LogP contribution in [0.3, 0.4) is 0 Å². The second-order valence-corrected chi connectivity index (χ2v) is 4.37. The molecule has 0 unspecified atom stereocenters. The fraction of sp³-hybridized carbons (Fsp3) is 0.500. The molecule has 2 N–H and O–H groups in total. The first-order valence-corrected chi connectivity index (χ1v) is 6.30. The molecule has 16 heavy (non-hydrogen) atoms. The van der Waals surface area contributed by atoms with Gasteiger partial charge in [-0.1, -0.05) is 22.9 Å². The van der Waals surface area contributed by atoms with Crippen LogP contribution in [0.25, 0.3) is 0 Å². The summed E-state index contributed by atoms with van der Waals surface area (Å²) in [7, 11) is 0. The van der Waals surface area contributed by atoms with Crippen molar-refractivity contribution >= 4 is 15.9 Å². The van der Waals surface area contributed by atoms with E-state index in [1.54, 1.807) is 0 Å². The molecule has 0 radical (unpaired) electrons. The third kappa shape index (κ3) is 4.51. The average molecular weight is 288 g/mol. The lowest BCUT2D eigenvalue weighted by atomic mass is 10.2. The highest BCUT2D eigenvalue weighted by atomic mass is 79.9. The van der Waals surface area contributed by atoms with Gasteiger partial charge < -0.3 is 15.2 Å². The molecule has 0 fully saturated rings. The van der Waals surface area contributed by atoms with E-state index in [1.165, 1.54) is 0 Å². The number of benzene rings is 1. The number of halogens is 1. The van der Waals surface area contributed by atoms with Gasteiger partial charge in [0.15, 0.2) is 0 Å². The minimum Gasteiger partial charge on any atom is -0.493 e. The Morgan fingerprint density at radius 3 is 2.94 bits per heavy atom. The Hall–Kier alpha value is -0.580. The van der Waals surface area contributed by atoms with Gasteiger partial charge in [-0.3, -0.25) is 0 Å². The van der Waals surface area contributed by atoms with Crippen molar-refractivity contribution in [2.24, 2.45) is 0 Å². The number of hydrogen-bond acceptors (Lipinski definition) is 3. The lowest BCUT2D eigenvalue weighted by Crippen LogP contribution is -2.13. The van der Waals surface area contributed by atoms with E-state index in [4.69, 9.17) is 9.84 Å². The van der Waals surface area contributed by atoms with Gasteiger partial charge in [-0.25, -0.2) is 0 Å². The van der Waals surface area contributed by atoms with Gasteiger partial charge in [0.1, 0.15) is 5.75 Å². The van der Waals surface area contributed by atoms with Crippen LogP contribution in [-0.4, -0.2) is 24.9 Å². The van der Waals surface area contributed by atoms with Crippen molar-refractivity contribution in [2.45, 2.75) is 19.9 Å². The minimum absolute atomic E-state index is 0.166. The summed E-state index contributed by atoms with van der Waals surface area (Å²) in [6, 6.07) is 5.97. The first-order chi connectivity index (χ1) is 7.77. The smallest absolute Gasteiger partial charge is 0.123 e. The monoisotopic (exact) mass is 287 g/mol. The molecule has 0 bridgehead atoms. The predicted octanol–water partition coefficient (Wildman–Crippen LogP) is 2.32. The lowest BCUT2D eigenvalue weighted by Gasteiger charge is -2.11. The molecule has 90 valence electrons. The van der Waals surface area contributed by atoms with E-state index in [-0.39, 0.29) is 6.61 Å². The van der Waals surface area contributed by atoms with Gasteiger partial charge in [-0.05, 0) is 24.7 Å². The zero-order valence-corrected chi connectivity index (χ0v) is 11.1. The highest BCUT2D eigenvalue weighted by Gasteiger charge is 2.03. The molecule has 0 atom stereocenters. The van der Waals surface area contributed by atoms with Gasteiger partial charge in [-0.2, -0.15) is 0 Å². The second-order valence-electron chi connectivity index (χ2n) is 3.46. The van der Waals surface area contributed by atoms with E-state index >= 15 is 0 Å². The summed E-state index contributed by atoms with van der Waals surface area (Å²) in [5.74, 6) is 0.887. The van der Waals surface area contributed by atoms with E-state index in [9.17, 15) is 0 Å². The number of nitrogens with one attached hydrogen (secondary N) is 1. The van der Waals surface area contributed by atoms with E-state index in [0.29, 0.717) is 13.0 Å². The van der Waals surface area contributed by atoms with E-state index < -0.39 is 0 Å². The summed E-state index contributed by atoms with van der Waals surface area (Å²) in [5.41, 5.74) is 1.13. The molecule has 0 heterocycles. The summed E-state index contributed by atoms with van der Waals surface area (Å²) in [6.45, 7) is 4.52. The third-order valence-corrected chi connectivity index (χ3v) is 2.64. The summed E-state index contributed by atoms with van der Waals surface area (Å²) < 4.78 is 6.66. The van der Waals surface area contributed by atoms with Gasteiger partial charge in [-0.15, -0.1) is 0 Å². The molecule has 0 saturated heterocycles. The molecule has 0 aromatic heterocycles. The third-order valence-electron chi connectivity index (χ3n) is 2.15. The van der Waals surface area contributed by atoms with Crippen LogP contribution in [0.15, 0.2) is 22.7 Å². The highest BCUT2D eigenvalue weighted by Crippen LogP contribution is 2.23. The van der Waals surface area contributed by atoms with Crippen molar-refractivity contribution in [3.05, 3.63) is 28.2 Å². The Morgan fingerprint density at radius 1 is 1.44 bits per heavy atom. The number of ether oxygens (including phenoxy) is 1. The van der Waals surface area contributed by atoms with Crippen LogP contribution in [-0.2, 0) is 6.54 Å². The molecule has 0 aliphatic rings. The van der Waals surface area contributed by atoms with Crippen molar-refractivity contribution in [1.82, 2.24) is 5.32 Å². The largest absolute Gasteiger partial charge is 0.493 e. The Balaban J connectivity index is 2.64. The summed E-state index contributed by atoms with van der Waals surface area (Å²) in [4.78, 5) is 0. The zero-order valence-electron chi connectivity index (χ0n) is 9.50. The molecule has 0 spiro atoms. The Bertz CT molecular complexity index is 318. The summed E-state index contributed by atoms with van der Waals surface area (Å²) in [5, 5.41) is 12.0. The van der Waals surface area contributed by atoms with Crippen molar-refractivity contribution in [1.29, 1.82) is 0 Å². The summed E-state index contributed by atoms with van der Waals surface area (Å²) in [6.07, 6.45) is 0.663. The fourth-order valence-electron chi connectivity index (χ4n) is 1.33. The number of rotatable bonds is 7. The maximum atomic E-state index is 8.70. The van der Waals surface area contributed by atoms with Gasteiger partial charge in [0.25, 0.3) is 0 Å². The molecular weight excluding hydrogens is 270 g/mol. The number of hydrogen-bond donors (Lipinski definition) is 2. The first kappa shape index (κ1) is 13.5. The fourth-order valence-corrected chi connectivity index (χ4v) is 1.74. The molecule has 0 saturated carbocycles. The van der Waals surface area contributed by atoms with E-state index in [0.717, 1.165) is 28.9 Å². The molecule has 0 amide bonds. The van der Waals surface area contributed by atoms with Crippen LogP contribution >= 0.6 is 15.9 Å². The van der Waals surface area contributed by atoms with Gasteiger partial charge in [0.05, 0.1) is 6.61 Å². The Labute approximate surface area is 105 Å². The molecule has 0 aliphatic carbocycles. The standard InChI is InChI=1S/C12H18BrNO2/c1-2-14-9-10-8-11(13)4-5-12(10)16-7-3-6-15/h4-5,8,14-15H,2-3,6-7,9H2,1H3. The maximum absolute atomic E-state index is 8.70. The van der Waals surface area contributed by atoms with E-state index in [1.807, 2.05) is 12.1 Å². The first-order valence-electron chi connectivity index (χ1n) is 5.50. The van der Waals surface area contributed by atoms with Gasteiger partial charge >= 0.3 is 0 Å². The van der Waals surface area contributed by atoms with Crippen LogP contribution in [0.5, 0.6) is 5.75 Å². The molecule has 1 aromatic carbocycles. The molecule has 3 nitrogen and oxygen atoms in total. The average Bonchev–Trinajstić information content (AvgIpc) is 2.29. The van der Waals surface area contributed by atoms with Crippen molar-refractivity contribution in [2.75, 3.05) is 19.8 Å². The van der Waals surface area contributed by atoms with Crippen molar-refractivity contribution < 1.29 is 9.84 Å². The van der Waals surface area contributed by atoms with Crippen LogP contribution in [0, 0.1) is 0 Å². The number of aliphatic hydroxyl groups excluding tert-OH is 1. The predicted molar refractivity (Wildman–Crippen MR) is 68.7 cm³/mol. The van der Waals surface area contributed by atoms with Crippen LogP contribution in [0.1, 0.15) is 18.9 Å². The quantitative estimate of drug-likeness (QED) is 0.757. The van der Waals surface area contributed by atoms with Gasteiger partial charge in [0, 0.05) is 29.6 Å². The SMILES string of the molecule is CCNCc1cc(Br)ccc1OCCCO. The maximum Gasteiger partial charge on any atom is 0.123 e. The van der Waals surface area contributed by atoms with E-state index in [2.05, 4.69) is 34.2 Å². The van der Waals surface area contributed by atoms with Crippen LogP contribution in [0.4, 0.5) is 0 Å². The van der Waals surface area contributed by atoms with Crippen LogP contribution in [0.2, 0.25) is 0 Å². The molecular formula is C12H18BrNO2. The van der Waals surface area contributed by atoms with Crippen molar-refractivity contribution in [3.8, 4) is 5.75 Å².